The largest absolute Gasteiger partial charge is 0.416 e. The maximum atomic E-state index is 12.7. The van der Waals surface area contributed by atoms with Crippen molar-refractivity contribution in [2.45, 2.75) is 6.18 Å². The number of alkyl halides is 3. The summed E-state index contributed by atoms with van der Waals surface area (Å²) in [5, 5.41) is 13.8. The van der Waals surface area contributed by atoms with Gasteiger partial charge in [-0.1, -0.05) is 0 Å². The van der Waals surface area contributed by atoms with Gasteiger partial charge in [-0.3, -0.25) is 14.9 Å². The van der Waals surface area contributed by atoms with Gasteiger partial charge in [0, 0.05) is 31.4 Å². The number of nitro groups is 1. The summed E-state index contributed by atoms with van der Waals surface area (Å²) in [5.41, 5.74) is -1.06. The molecule has 0 saturated heterocycles. The zero-order valence-electron chi connectivity index (χ0n) is 13.3. The van der Waals surface area contributed by atoms with Crippen LogP contribution in [0.1, 0.15) is 15.9 Å². The maximum Gasteiger partial charge on any atom is 0.416 e. The maximum absolute atomic E-state index is 12.7. The quantitative estimate of drug-likeness (QED) is 0.664. The average molecular weight is 353 g/mol. The van der Waals surface area contributed by atoms with Crippen LogP contribution in [0, 0.1) is 10.1 Å². The molecule has 0 aliphatic heterocycles. The molecule has 2 rings (SSSR count). The zero-order chi connectivity index (χ0) is 18.8. The number of nitrogens with zero attached hydrogens (tertiary/aromatic N) is 2. The second-order valence-corrected chi connectivity index (χ2v) is 5.39. The molecule has 0 fully saturated rings. The third-order valence-electron chi connectivity index (χ3n) is 3.34. The van der Waals surface area contributed by atoms with Gasteiger partial charge in [0.2, 0.25) is 0 Å². The third kappa shape index (κ3) is 4.25. The van der Waals surface area contributed by atoms with E-state index in [2.05, 4.69) is 5.32 Å². The van der Waals surface area contributed by atoms with Gasteiger partial charge in [0.05, 0.1) is 10.5 Å². The van der Waals surface area contributed by atoms with Crippen molar-refractivity contribution in [2.75, 3.05) is 19.4 Å². The number of nitro benzene ring substituents is 1. The van der Waals surface area contributed by atoms with Gasteiger partial charge in [-0.05, 0) is 36.4 Å². The van der Waals surface area contributed by atoms with Gasteiger partial charge in [-0.25, -0.2) is 0 Å². The highest BCUT2D eigenvalue weighted by Crippen LogP contribution is 2.36. The molecule has 1 amide bonds. The Balaban J connectivity index is 2.31. The lowest BCUT2D eigenvalue weighted by molar-refractivity contribution is -0.384. The number of benzene rings is 2. The van der Waals surface area contributed by atoms with Gasteiger partial charge in [0.25, 0.3) is 11.6 Å². The number of nitrogens with one attached hydrogen (secondary N) is 1. The second-order valence-electron chi connectivity index (χ2n) is 5.39. The van der Waals surface area contributed by atoms with E-state index in [1.54, 1.807) is 14.1 Å². The minimum absolute atomic E-state index is 0.0790. The van der Waals surface area contributed by atoms with E-state index in [1.807, 2.05) is 0 Å². The SMILES string of the molecule is CN(C)C(=O)c1ccc(Nc2ccc(C(F)(F)F)cc2[N+](=O)[O-])cc1. The lowest BCUT2D eigenvalue weighted by atomic mass is 10.1. The van der Waals surface area contributed by atoms with Crippen LogP contribution in [0.3, 0.4) is 0 Å². The Morgan fingerprint density at radius 1 is 1.12 bits per heavy atom. The number of carbonyl (C=O) groups excluding carboxylic acids is 1. The van der Waals surface area contributed by atoms with Gasteiger partial charge in [0.15, 0.2) is 0 Å². The summed E-state index contributed by atoms with van der Waals surface area (Å²) in [6, 6.07) is 8.29. The van der Waals surface area contributed by atoms with Gasteiger partial charge >= 0.3 is 6.18 Å². The molecular weight excluding hydrogens is 339 g/mol. The molecule has 0 spiro atoms. The van der Waals surface area contributed by atoms with Crippen LogP contribution in [-0.2, 0) is 6.18 Å². The van der Waals surface area contributed by atoms with Crippen LogP contribution in [-0.4, -0.2) is 29.8 Å². The third-order valence-corrected chi connectivity index (χ3v) is 3.34. The zero-order valence-corrected chi connectivity index (χ0v) is 13.3. The molecule has 2 aromatic carbocycles. The molecule has 0 aliphatic carbocycles. The van der Waals surface area contributed by atoms with Crippen molar-refractivity contribution in [2.24, 2.45) is 0 Å². The molecule has 9 heteroatoms. The average Bonchev–Trinajstić information content (AvgIpc) is 2.54. The summed E-state index contributed by atoms with van der Waals surface area (Å²) < 4.78 is 38.1. The molecule has 25 heavy (non-hydrogen) atoms. The fourth-order valence-electron chi connectivity index (χ4n) is 2.07. The number of halogens is 3. The van der Waals surface area contributed by atoms with Gasteiger partial charge in [-0.15, -0.1) is 0 Å². The van der Waals surface area contributed by atoms with E-state index in [1.165, 1.54) is 29.2 Å². The molecule has 0 heterocycles. The number of hydrogen-bond donors (Lipinski definition) is 1. The summed E-state index contributed by atoms with van der Waals surface area (Å²) in [5.74, 6) is -0.216. The Morgan fingerprint density at radius 2 is 1.72 bits per heavy atom. The summed E-state index contributed by atoms with van der Waals surface area (Å²) >= 11 is 0. The topological polar surface area (TPSA) is 75.5 Å². The Bertz CT molecular complexity index is 803. The Labute approximate surface area is 141 Å². The van der Waals surface area contributed by atoms with Crippen LogP contribution in [0.5, 0.6) is 0 Å². The summed E-state index contributed by atoms with van der Waals surface area (Å²) in [6.45, 7) is 0. The Morgan fingerprint density at radius 3 is 2.20 bits per heavy atom. The molecule has 0 radical (unpaired) electrons. The van der Waals surface area contributed by atoms with Crippen molar-refractivity contribution < 1.29 is 22.9 Å². The van der Waals surface area contributed by atoms with Crippen LogP contribution in [0.2, 0.25) is 0 Å². The van der Waals surface area contributed by atoms with Crippen LogP contribution in [0.4, 0.5) is 30.2 Å². The van der Waals surface area contributed by atoms with E-state index in [0.717, 1.165) is 12.1 Å². The van der Waals surface area contributed by atoms with Crippen LogP contribution < -0.4 is 5.32 Å². The molecule has 0 bridgehead atoms. The first kappa shape index (κ1) is 18.2. The van der Waals surface area contributed by atoms with Gasteiger partial charge < -0.3 is 10.2 Å². The molecule has 0 aliphatic rings. The van der Waals surface area contributed by atoms with E-state index in [-0.39, 0.29) is 11.6 Å². The van der Waals surface area contributed by atoms with E-state index in [4.69, 9.17) is 0 Å². The lowest BCUT2D eigenvalue weighted by Gasteiger charge is -2.12. The molecular formula is C16H14F3N3O3. The molecule has 132 valence electrons. The fourth-order valence-corrected chi connectivity index (χ4v) is 2.07. The summed E-state index contributed by atoms with van der Waals surface area (Å²) in [4.78, 5) is 23.4. The fraction of sp³-hybridized carbons (Fsp3) is 0.188. The minimum atomic E-state index is -4.67. The predicted octanol–water partition coefficient (Wildman–Crippen LogP) is 4.06. The Kier molecular flexibility index (Phi) is 4.96. The smallest absolute Gasteiger partial charge is 0.350 e. The first-order chi connectivity index (χ1) is 11.6. The highest BCUT2D eigenvalue weighted by atomic mass is 19.4. The van der Waals surface area contributed by atoms with Gasteiger partial charge in [-0.2, -0.15) is 13.2 Å². The monoisotopic (exact) mass is 353 g/mol. The van der Waals surface area contributed by atoms with Crippen molar-refractivity contribution in [3.8, 4) is 0 Å². The van der Waals surface area contributed by atoms with E-state index >= 15 is 0 Å². The highest BCUT2D eigenvalue weighted by molar-refractivity contribution is 5.94. The normalized spacial score (nSPS) is 11.1. The van der Waals surface area contributed by atoms with Crippen molar-refractivity contribution >= 4 is 23.0 Å². The molecule has 0 aromatic heterocycles. The first-order valence-corrected chi connectivity index (χ1v) is 7.04. The van der Waals surface area contributed by atoms with E-state index in [9.17, 15) is 28.1 Å². The summed E-state index contributed by atoms with van der Waals surface area (Å²) in [6.07, 6.45) is -4.67. The highest BCUT2D eigenvalue weighted by Gasteiger charge is 2.33. The minimum Gasteiger partial charge on any atom is -0.350 e. The second kappa shape index (κ2) is 6.80. The van der Waals surface area contributed by atoms with Crippen molar-refractivity contribution in [3.63, 3.8) is 0 Å². The predicted molar refractivity (Wildman–Crippen MR) is 85.8 cm³/mol. The van der Waals surface area contributed by atoms with E-state index < -0.39 is 22.4 Å². The first-order valence-electron chi connectivity index (χ1n) is 7.04. The lowest BCUT2D eigenvalue weighted by Crippen LogP contribution is -2.21. The molecule has 0 atom stereocenters. The van der Waals surface area contributed by atoms with Crippen molar-refractivity contribution in [1.29, 1.82) is 0 Å². The number of hydrogen-bond acceptors (Lipinski definition) is 4. The Hall–Kier alpha value is -3.10. The number of amides is 1. The molecule has 2 aromatic rings. The van der Waals surface area contributed by atoms with Crippen LogP contribution in [0.25, 0.3) is 0 Å². The number of carbonyl (C=O) groups is 1. The van der Waals surface area contributed by atoms with Gasteiger partial charge in [0.1, 0.15) is 5.69 Å². The summed E-state index contributed by atoms with van der Waals surface area (Å²) in [7, 11) is 3.19. The number of anilines is 2. The molecule has 6 nitrogen and oxygen atoms in total. The van der Waals surface area contributed by atoms with Crippen LogP contribution >= 0.6 is 0 Å². The molecule has 0 unspecified atom stereocenters. The van der Waals surface area contributed by atoms with E-state index in [0.29, 0.717) is 17.3 Å². The van der Waals surface area contributed by atoms with Crippen LogP contribution in [0.15, 0.2) is 42.5 Å². The van der Waals surface area contributed by atoms with Crippen molar-refractivity contribution in [1.82, 2.24) is 4.90 Å². The molecule has 1 N–H and O–H groups in total. The van der Waals surface area contributed by atoms with Crippen molar-refractivity contribution in [3.05, 3.63) is 63.7 Å². The number of rotatable bonds is 4. The standard InChI is InChI=1S/C16H14F3N3O3/c1-21(2)15(23)10-3-6-12(7-4-10)20-13-8-5-11(16(17,18)19)9-14(13)22(24)25/h3-9,20H,1-2H3. The molecule has 0 saturated carbocycles.